The Balaban J connectivity index is 2.15. The van der Waals surface area contributed by atoms with Crippen LogP contribution in [0, 0.1) is 13.8 Å². The summed E-state index contributed by atoms with van der Waals surface area (Å²) in [6.07, 6.45) is 1.63. The topological polar surface area (TPSA) is 47.8 Å². The van der Waals surface area contributed by atoms with Crippen molar-refractivity contribution in [3.8, 4) is 0 Å². The Hall–Kier alpha value is -1.62. The molecule has 1 heterocycles. The monoisotopic (exact) mass is 275 g/mol. The lowest BCUT2D eigenvalue weighted by molar-refractivity contribution is 0.0994. The highest BCUT2D eigenvalue weighted by molar-refractivity contribution is 8.00. The van der Waals surface area contributed by atoms with Crippen molar-refractivity contribution in [1.82, 2.24) is 14.8 Å². The highest BCUT2D eigenvalue weighted by Crippen LogP contribution is 2.23. The fourth-order valence-corrected chi connectivity index (χ4v) is 2.59. The van der Waals surface area contributed by atoms with Crippen LogP contribution in [0.3, 0.4) is 0 Å². The number of carbonyl (C=O) groups is 1. The third-order valence-corrected chi connectivity index (χ3v) is 4.26. The lowest BCUT2D eigenvalue weighted by Crippen LogP contribution is -2.14. The van der Waals surface area contributed by atoms with Crippen LogP contribution in [0.2, 0.25) is 0 Å². The van der Waals surface area contributed by atoms with E-state index in [4.69, 9.17) is 0 Å². The van der Waals surface area contributed by atoms with E-state index in [0.717, 1.165) is 16.3 Å². The predicted molar refractivity (Wildman–Crippen MR) is 76.6 cm³/mol. The van der Waals surface area contributed by atoms with Gasteiger partial charge in [0.05, 0.1) is 5.25 Å². The number of aryl methyl sites for hydroxylation is 3. The molecule has 0 radical (unpaired) electrons. The molecule has 2 rings (SSSR count). The van der Waals surface area contributed by atoms with E-state index in [1.807, 2.05) is 50.6 Å². The molecule has 4 nitrogen and oxygen atoms in total. The van der Waals surface area contributed by atoms with Gasteiger partial charge in [0.1, 0.15) is 6.33 Å². The zero-order valence-electron chi connectivity index (χ0n) is 11.5. The lowest BCUT2D eigenvalue weighted by Gasteiger charge is -2.10. The van der Waals surface area contributed by atoms with E-state index in [1.165, 1.54) is 17.3 Å². The maximum Gasteiger partial charge on any atom is 0.191 e. The van der Waals surface area contributed by atoms with Gasteiger partial charge in [-0.25, -0.2) is 0 Å². The van der Waals surface area contributed by atoms with Gasteiger partial charge in [-0.15, -0.1) is 10.2 Å². The number of aromatic nitrogens is 3. The fraction of sp³-hybridized carbons (Fsp3) is 0.357. The summed E-state index contributed by atoms with van der Waals surface area (Å²) in [6, 6.07) is 5.83. The van der Waals surface area contributed by atoms with Crippen LogP contribution in [0.5, 0.6) is 0 Å². The van der Waals surface area contributed by atoms with Crippen LogP contribution in [-0.2, 0) is 7.05 Å². The van der Waals surface area contributed by atoms with Crippen LogP contribution >= 0.6 is 11.8 Å². The first-order valence-electron chi connectivity index (χ1n) is 6.11. The van der Waals surface area contributed by atoms with Gasteiger partial charge in [0.2, 0.25) is 0 Å². The van der Waals surface area contributed by atoms with Gasteiger partial charge >= 0.3 is 0 Å². The average Bonchev–Trinajstić information content (AvgIpc) is 2.77. The van der Waals surface area contributed by atoms with E-state index in [9.17, 15) is 4.79 Å². The van der Waals surface area contributed by atoms with Crippen molar-refractivity contribution in [2.24, 2.45) is 7.05 Å². The number of ketones is 1. The second-order valence-corrected chi connectivity index (χ2v) is 5.96. The fourth-order valence-electron chi connectivity index (χ4n) is 1.72. The van der Waals surface area contributed by atoms with Gasteiger partial charge in [0.25, 0.3) is 0 Å². The van der Waals surface area contributed by atoms with Gasteiger partial charge < -0.3 is 4.57 Å². The summed E-state index contributed by atoms with van der Waals surface area (Å²) in [6.45, 7) is 5.96. The first-order valence-corrected chi connectivity index (χ1v) is 6.99. The number of rotatable bonds is 4. The summed E-state index contributed by atoms with van der Waals surface area (Å²) in [7, 11) is 1.87. The molecule has 0 N–H and O–H groups in total. The summed E-state index contributed by atoms with van der Waals surface area (Å²) < 4.78 is 1.81. The molecule has 0 fully saturated rings. The van der Waals surface area contributed by atoms with Gasteiger partial charge in [-0.2, -0.15) is 0 Å². The van der Waals surface area contributed by atoms with Gasteiger partial charge in [-0.05, 0) is 38.0 Å². The molecule has 0 saturated heterocycles. The molecule has 100 valence electrons. The van der Waals surface area contributed by atoms with Crippen LogP contribution in [0.4, 0.5) is 0 Å². The van der Waals surface area contributed by atoms with Gasteiger partial charge in [0.15, 0.2) is 10.9 Å². The van der Waals surface area contributed by atoms with Crippen LogP contribution in [0.15, 0.2) is 29.7 Å². The number of carbonyl (C=O) groups excluding carboxylic acids is 1. The van der Waals surface area contributed by atoms with Gasteiger partial charge in [-0.1, -0.05) is 23.9 Å². The molecule has 2 aromatic rings. The molecule has 1 aromatic heterocycles. The van der Waals surface area contributed by atoms with Crippen molar-refractivity contribution >= 4 is 17.5 Å². The Bertz CT molecular complexity index is 606. The molecule has 0 bridgehead atoms. The van der Waals surface area contributed by atoms with Crippen LogP contribution in [0.1, 0.15) is 28.4 Å². The number of Topliss-reactive ketones (excluding diaryl/α,β-unsaturated/α-hetero) is 1. The van der Waals surface area contributed by atoms with Crippen molar-refractivity contribution < 1.29 is 4.79 Å². The van der Waals surface area contributed by atoms with E-state index >= 15 is 0 Å². The molecule has 0 aliphatic carbocycles. The highest BCUT2D eigenvalue weighted by atomic mass is 32.2. The van der Waals surface area contributed by atoms with Gasteiger partial charge in [-0.3, -0.25) is 4.79 Å². The Morgan fingerprint density at radius 2 is 2.05 bits per heavy atom. The summed E-state index contributed by atoms with van der Waals surface area (Å²) >= 11 is 1.43. The lowest BCUT2D eigenvalue weighted by atomic mass is 10.0. The molecule has 1 aromatic carbocycles. The molecule has 0 unspecified atom stereocenters. The van der Waals surface area contributed by atoms with Crippen LogP contribution < -0.4 is 0 Å². The Labute approximate surface area is 117 Å². The van der Waals surface area contributed by atoms with E-state index < -0.39 is 0 Å². The number of nitrogens with zero attached hydrogens (tertiary/aromatic N) is 3. The molecule has 0 aliphatic rings. The number of hydrogen-bond donors (Lipinski definition) is 0. The van der Waals surface area contributed by atoms with E-state index in [-0.39, 0.29) is 11.0 Å². The van der Waals surface area contributed by atoms with Gasteiger partial charge in [0, 0.05) is 12.6 Å². The maximum absolute atomic E-state index is 12.4. The molecule has 19 heavy (non-hydrogen) atoms. The quantitative estimate of drug-likeness (QED) is 0.636. The average molecular weight is 275 g/mol. The van der Waals surface area contributed by atoms with Crippen molar-refractivity contribution in [2.45, 2.75) is 31.2 Å². The van der Waals surface area contributed by atoms with Crippen molar-refractivity contribution in [3.63, 3.8) is 0 Å². The highest BCUT2D eigenvalue weighted by Gasteiger charge is 2.19. The second kappa shape index (κ2) is 5.57. The predicted octanol–water partition coefficient (Wildman–Crippen LogP) is 2.80. The largest absolute Gasteiger partial charge is 0.312 e. The second-order valence-electron chi connectivity index (χ2n) is 4.65. The molecular formula is C14H17N3OS. The molecule has 5 heteroatoms. The molecule has 0 aliphatic heterocycles. The smallest absolute Gasteiger partial charge is 0.191 e. The molecular weight excluding hydrogens is 258 g/mol. The molecule has 0 saturated carbocycles. The maximum atomic E-state index is 12.4. The first kappa shape index (κ1) is 13.8. The Morgan fingerprint density at radius 1 is 1.32 bits per heavy atom. The molecule has 1 atom stereocenters. The zero-order valence-corrected chi connectivity index (χ0v) is 12.4. The minimum Gasteiger partial charge on any atom is -0.312 e. The van der Waals surface area contributed by atoms with Crippen LogP contribution in [0.25, 0.3) is 0 Å². The van der Waals surface area contributed by atoms with Crippen LogP contribution in [-0.4, -0.2) is 25.8 Å². The van der Waals surface area contributed by atoms with Crippen molar-refractivity contribution in [1.29, 1.82) is 0 Å². The van der Waals surface area contributed by atoms with E-state index in [1.54, 1.807) is 6.33 Å². The number of benzene rings is 1. The molecule has 0 amide bonds. The number of hydrogen-bond acceptors (Lipinski definition) is 4. The minimum absolute atomic E-state index is 0.121. The zero-order chi connectivity index (χ0) is 14.0. The third kappa shape index (κ3) is 3.04. The van der Waals surface area contributed by atoms with E-state index in [0.29, 0.717) is 0 Å². The summed E-state index contributed by atoms with van der Waals surface area (Å²) in [5, 5.41) is 8.38. The standard InChI is InChI=1S/C14H17N3OS/c1-9-5-6-12(7-10(9)2)13(18)11(3)19-14-16-15-8-17(14)4/h5-8,11H,1-4H3/t11-/m0/s1. The SMILES string of the molecule is Cc1ccc(C(=O)[C@H](C)Sc2nncn2C)cc1C. The Kier molecular flexibility index (Phi) is 4.04. The third-order valence-electron chi connectivity index (χ3n) is 3.11. The normalized spacial score (nSPS) is 12.4. The summed E-state index contributed by atoms with van der Waals surface area (Å²) in [5.74, 6) is 0.121. The first-order chi connectivity index (χ1) is 8.99. The van der Waals surface area contributed by atoms with E-state index in [2.05, 4.69) is 10.2 Å². The molecule has 0 spiro atoms. The summed E-state index contributed by atoms with van der Waals surface area (Å²) in [4.78, 5) is 12.4. The van der Waals surface area contributed by atoms with Crippen molar-refractivity contribution in [3.05, 3.63) is 41.2 Å². The minimum atomic E-state index is -0.176. The summed E-state index contributed by atoms with van der Waals surface area (Å²) in [5.41, 5.74) is 3.09. The number of thioether (sulfide) groups is 1. The Morgan fingerprint density at radius 3 is 2.63 bits per heavy atom. The van der Waals surface area contributed by atoms with Crippen molar-refractivity contribution in [2.75, 3.05) is 0 Å².